The molecule has 0 fully saturated rings. The predicted octanol–water partition coefficient (Wildman–Crippen LogP) is 2.46. The van der Waals surface area contributed by atoms with Crippen LogP contribution < -0.4 is 30.8 Å². The summed E-state index contributed by atoms with van der Waals surface area (Å²) in [6.45, 7) is 5.85. The van der Waals surface area contributed by atoms with Gasteiger partial charge in [0.15, 0.2) is 0 Å². The first-order valence-corrected chi connectivity index (χ1v) is 12.6. The third-order valence-corrected chi connectivity index (χ3v) is 5.79. The number of nitrogens with zero attached hydrogens (tertiary/aromatic N) is 1. The molecule has 0 radical (unpaired) electrons. The van der Waals surface area contributed by atoms with Crippen molar-refractivity contribution in [2.75, 3.05) is 30.5 Å². The SMILES string of the molecule is COc1cc(NS(C)(=O)=O)ccc1C(=O)Nc1cc(-n2ccc(=O)[nH]c2=O)cc(C(C)(C)C)c1OC. The summed E-state index contributed by atoms with van der Waals surface area (Å²) in [6, 6.07) is 8.78. The van der Waals surface area contributed by atoms with Gasteiger partial charge in [-0.05, 0) is 29.7 Å². The minimum Gasteiger partial charge on any atom is -0.496 e. The van der Waals surface area contributed by atoms with Crippen LogP contribution in [0.25, 0.3) is 5.69 Å². The van der Waals surface area contributed by atoms with Crippen molar-refractivity contribution in [3.8, 4) is 17.2 Å². The summed E-state index contributed by atoms with van der Waals surface area (Å²) >= 11 is 0. The second kappa shape index (κ2) is 9.90. The molecule has 3 rings (SSSR count). The number of amides is 1. The molecule has 12 heteroatoms. The number of methoxy groups -OCH3 is 2. The van der Waals surface area contributed by atoms with Crippen molar-refractivity contribution in [1.82, 2.24) is 9.55 Å². The van der Waals surface area contributed by atoms with Crippen molar-refractivity contribution < 1.29 is 22.7 Å². The van der Waals surface area contributed by atoms with Crippen LogP contribution in [-0.2, 0) is 15.4 Å². The van der Waals surface area contributed by atoms with Gasteiger partial charge in [0.1, 0.15) is 11.5 Å². The molecule has 0 spiro atoms. The first-order valence-electron chi connectivity index (χ1n) is 10.8. The number of sulfonamides is 1. The molecule has 36 heavy (non-hydrogen) atoms. The summed E-state index contributed by atoms with van der Waals surface area (Å²) in [5.41, 5.74) is 0.149. The standard InChI is InChI=1S/C24H28N4O7S/c1-24(2,3)17-12-15(28-10-9-20(29)26-23(28)31)13-18(21(17)35-5)25-22(30)16-8-7-14(11-19(16)34-4)27-36(6,32)33/h7-13,27H,1-6H3,(H,25,30)(H,26,29,31). The lowest BCUT2D eigenvalue weighted by Crippen LogP contribution is -2.28. The highest BCUT2D eigenvalue weighted by Crippen LogP contribution is 2.39. The molecule has 3 aromatic rings. The Morgan fingerprint density at radius 1 is 1.03 bits per heavy atom. The number of aromatic amines is 1. The van der Waals surface area contributed by atoms with Gasteiger partial charge in [-0.3, -0.25) is 23.9 Å². The number of ether oxygens (including phenoxy) is 2. The average molecular weight is 517 g/mol. The Labute approximate surface area is 208 Å². The van der Waals surface area contributed by atoms with E-state index in [2.05, 4.69) is 15.0 Å². The highest BCUT2D eigenvalue weighted by Gasteiger charge is 2.25. The molecule has 0 aliphatic carbocycles. The molecule has 0 saturated heterocycles. The third kappa shape index (κ3) is 5.95. The molecule has 2 aromatic carbocycles. The van der Waals surface area contributed by atoms with E-state index in [-0.39, 0.29) is 22.7 Å². The topological polar surface area (TPSA) is 149 Å². The largest absolute Gasteiger partial charge is 0.496 e. The maximum Gasteiger partial charge on any atom is 0.332 e. The minimum atomic E-state index is -3.52. The van der Waals surface area contributed by atoms with E-state index in [1.165, 1.54) is 49.2 Å². The highest BCUT2D eigenvalue weighted by molar-refractivity contribution is 7.92. The molecule has 0 atom stereocenters. The Bertz CT molecular complexity index is 1530. The van der Waals surface area contributed by atoms with Crippen molar-refractivity contribution in [2.45, 2.75) is 26.2 Å². The molecule has 0 aliphatic heterocycles. The van der Waals surface area contributed by atoms with Crippen LogP contribution in [-0.4, -0.2) is 44.4 Å². The van der Waals surface area contributed by atoms with Crippen molar-refractivity contribution in [3.63, 3.8) is 0 Å². The fourth-order valence-corrected chi connectivity index (χ4v) is 4.14. The molecule has 192 valence electrons. The Morgan fingerprint density at radius 2 is 1.72 bits per heavy atom. The molecular formula is C24H28N4O7S. The Kier molecular flexibility index (Phi) is 7.30. The number of H-pyrrole nitrogens is 1. The third-order valence-electron chi connectivity index (χ3n) is 5.19. The van der Waals surface area contributed by atoms with Crippen LogP contribution in [0.3, 0.4) is 0 Å². The van der Waals surface area contributed by atoms with Gasteiger partial charge in [0.05, 0.1) is 43.1 Å². The summed E-state index contributed by atoms with van der Waals surface area (Å²) < 4.78 is 37.6. The van der Waals surface area contributed by atoms with E-state index < -0.39 is 32.6 Å². The number of carbonyl (C=O) groups excluding carboxylic acids is 1. The van der Waals surface area contributed by atoms with Crippen LogP contribution >= 0.6 is 0 Å². The summed E-state index contributed by atoms with van der Waals surface area (Å²) in [5, 5.41) is 2.80. The van der Waals surface area contributed by atoms with Gasteiger partial charge in [-0.2, -0.15) is 0 Å². The van der Waals surface area contributed by atoms with E-state index in [9.17, 15) is 22.8 Å². The first-order chi connectivity index (χ1) is 16.7. The second-order valence-corrected chi connectivity index (χ2v) is 10.8. The molecule has 1 amide bonds. The normalized spacial score (nSPS) is 11.6. The number of carbonyl (C=O) groups is 1. The van der Waals surface area contributed by atoms with Crippen LogP contribution in [0.4, 0.5) is 11.4 Å². The smallest absolute Gasteiger partial charge is 0.332 e. The zero-order valence-electron chi connectivity index (χ0n) is 20.8. The average Bonchev–Trinajstić information content (AvgIpc) is 2.76. The van der Waals surface area contributed by atoms with Crippen molar-refractivity contribution in [2.24, 2.45) is 0 Å². The number of hydrogen-bond donors (Lipinski definition) is 3. The van der Waals surface area contributed by atoms with E-state index in [0.29, 0.717) is 17.0 Å². The van der Waals surface area contributed by atoms with Gasteiger partial charge in [0, 0.05) is 23.9 Å². The molecule has 0 aliphatic rings. The van der Waals surface area contributed by atoms with Crippen molar-refractivity contribution in [3.05, 3.63) is 74.6 Å². The molecule has 3 N–H and O–H groups in total. The Balaban J connectivity index is 2.13. The van der Waals surface area contributed by atoms with Gasteiger partial charge in [0.25, 0.3) is 11.5 Å². The van der Waals surface area contributed by atoms with Crippen LogP contribution in [0.15, 0.2) is 52.2 Å². The van der Waals surface area contributed by atoms with Gasteiger partial charge in [-0.1, -0.05) is 20.8 Å². The number of anilines is 2. The van der Waals surface area contributed by atoms with Crippen LogP contribution in [0.2, 0.25) is 0 Å². The second-order valence-electron chi connectivity index (χ2n) is 9.05. The van der Waals surface area contributed by atoms with Crippen LogP contribution in [0.1, 0.15) is 36.7 Å². The first kappa shape index (κ1) is 26.5. The molecular weight excluding hydrogens is 488 g/mol. The summed E-state index contributed by atoms with van der Waals surface area (Å²) in [5.74, 6) is -0.0162. The number of nitrogens with one attached hydrogen (secondary N) is 3. The molecule has 0 bridgehead atoms. The summed E-state index contributed by atoms with van der Waals surface area (Å²) in [7, 11) is -0.692. The predicted molar refractivity (Wildman–Crippen MR) is 137 cm³/mol. The lowest BCUT2D eigenvalue weighted by Gasteiger charge is -2.25. The quantitative estimate of drug-likeness (QED) is 0.437. The lowest BCUT2D eigenvalue weighted by atomic mass is 9.85. The van der Waals surface area contributed by atoms with E-state index in [0.717, 1.165) is 6.26 Å². The van der Waals surface area contributed by atoms with E-state index in [4.69, 9.17) is 9.47 Å². The summed E-state index contributed by atoms with van der Waals surface area (Å²) in [6.07, 6.45) is 2.36. The summed E-state index contributed by atoms with van der Waals surface area (Å²) in [4.78, 5) is 39.5. The monoisotopic (exact) mass is 516 g/mol. The minimum absolute atomic E-state index is 0.141. The molecule has 1 heterocycles. The number of benzene rings is 2. The Morgan fingerprint density at radius 3 is 2.28 bits per heavy atom. The molecule has 11 nitrogen and oxygen atoms in total. The lowest BCUT2D eigenvalue weighted by molar-refractivity contribution is 0.102. The molecule has 0 saturated carbocycles. The maximum atomic E-state index is 13.3. The van der Waals surface area contributed by atoms with E-state index in [1.54, 1.807) is 12.1 Å². The van der Waals surface area contributed by atoms with Gasteiger partial charge in [-0.15, -0.1) is 0 Å². The van der Waals surface area contributed by atoms with Crippen LogP contribution in [0.5, 0.6) is 11.5 Å². The number of hydrogen-bond acceptors (Lipinski definition) is 7. The fraction of sp³-hybridized carbons (Fsp3) is 0.292. The number of aromatic nitrogens is 2. The number of rotatable bonds is 7. The van der Waals surface area contributed by atoms with Gasteiger partial charge < -0.3 is 14.8 Å². The van der Waals surface area contributed by atoms with Gasteiger partial charge >= 0.3 is 5.69 Å². The highest BCUT2D eigenvalue weighted by atomic mass is 32.2. The van der Waals surface area contributed by atoms with Crippen LogP contribution in [0, 0.1) is 0 Å². The zero-order chi connectivity index (χ0) is 26.8. The Hall–Kier alpha value is -4.06. The molecule has 0 unspecified atom stereocenters. The van der Waals surface area contributed by atoms with Crippen molar-refractivity contribution in [1.29, 1.82) is 0 Å². The fourth-order valence-electron chi connectivity index (χ4n) is 3.59. The van der Waals surface area contributed by atoms with Crippen molar-refractivity contribution >= 4 is 27.3 Å². The molecule has 1 aromatic heterocycles. The van der Waals surface area contributed by atoms with Gasteiger partial charge in [0.2, 0.25) is 10.0 Å². The maximum absolute atomic E-state index is 13.3. The van der Waals surface area contributed by atoms with E-state index in [1.807, 2.05) is 20.8 Å². The van der Waals surface area contributed by atoms with Gasteiger partial charge in [-0.25, -0.2) is 13.2 Å². The van der Waals surface area contributed by atoms with E-state index >= 15 is 0 Å². The zero-order valence-corrected chi connectivity index (χ0v) is 21.6.